The van der Waals surface area contributed by atoms with Gasteiger partial charge in [-0.3, -0.25) is 9.59 Å². The molecule has 0 fully saturated rings. The van der Waals surface area contributed by atoms with Crippen molar-refractivity contribution in [1.82, 2.24) is 13.9 Å². The van der Waals surface area contributed by atoms with Gasteiger partial charge < -0.3 is 15.2 Å². The highest BCUT2D eigenvalue weighted by Crippen LogP contribution is 2.13. The van der Waals surface area contributed by atoms with Crippen LogP contribution in [0.2, 0.25) is 0 Å². The summed E-state index contributed by atoms with van der Waals surface area (Å²) in [5, 5.41) is 20.3. The van der Waals surface area contributed by atoms with E-state index in [4.69, 9.17) is 15.1 Å². The lowest BCUT2D eigenvalue weighted by Crippen LogP contribution is -2.53. The van der Waals surface area contributed by atoms with Gasteiger partial charge in [-0.2, -0.15) is 22.3 Å². The van der Waals surface area contributed by atoms with Crippen molar-refractivity contribution < 1.29 is 27.9 Å². The number of nitrogens with zero attached hydrogens (tertiary/aromatic N) is 3. The molecule has 1 atom stereocenters. The molecule has 0 aromatic carbocycles. The van der Waals surface area contributed by atoms with Crippen LogP contribution in [0, 0.1) is 11.3 Å². The van der Waals surface area contributed by atoms with E-state index in [2.05, 4.69) is 5.32 Å². The molecule has 0 saturated carbocycles. The van der Waals surface area contributed by atoms with E-state index in [1.54, 1.807) is 0 Å². The van der Waals surface area contributed by atoms with E-state index in [1.165, 1.54) is 21.0 Å². The van der Waals surface area contributed by atoms with Crippen LogP contribution >= 0.6 is 0 Å². The molecule has 0 heterocycles. The number of nitriles is 1. The van der Waals surface area contributed by atoms with Gasteiger partial charge in [0, 0.05) is 46.6 Å². The highest BCUT2D eigenvalue weighted by atomic mass is 32.2. The maximum atomic E-state index is 12.8. The number of rotatable bonds is 12. The summed E-state index contributed by atoms with van der Waals surface area (Å²) < 4.78 is 32.2. The van der Waals surface area contributed by atoms with Gasteiger partial charge >= 0.3 is 5.97 Å². The Balaban J connectivity index is 5.42. The smallest absolute Gasteiger partial charge is 0.321 e. The molecular weight excluding hydrogens is 340 g/mol. The molecule has 0 saturated heterocycles. The molecule has 0 radical (unpaired) electrons. The number of carbonyl (C=O) groups excluding carboxylic acids is 1. The van der Waals surface area contributed by atoms with Gasteiger partial charge in [-0.05, 0) is 6.92 Å². The fourth-order valence-electron chi connectivity index (χ4n) is 1.83. The Morgan fingerprint density at radius 1 is 1.33 bits per heavy atom. The van der Waals surface area contributed by atoms with E-state index in [-0.39, 0.29) is 45.1 Å². The lowest BCUT2D eigenvalue weighted by Gasteiger charge is -2.31. The molecule has 0 spiro atoms. The third-order valence-electron chi connectivity index (χ3n) is 3.14. The fourth-order valence-corrected chi connectivity index (χ4v) is 3.57. The number of carbonyl (C=O) groups is 2. The number of hydrogen-bond donors (Lipinski definition) is 2. The van der Waals surface area contributed by atoms with Gasteiger partial charge in [0.05, 0.1) is 12.7 Å². The summed E-state index contributed by atoms with van der Waals surface area (Å²) in [6.07, 6.45) is -0.0378. The lowest BCUT2D eigenvalue weighted by molar-refractivity contribution is -0.140. The Morgan fingerprint density at radius 2 is 1.96 bits per heavy atom. The summed E-state index contributed by atoms with van der Waals surface area (Å²) >= 11 is 0. The molecule has 1 unspecified atom stereocenters. The zero-order valence-electron chi connectivity index (χ0n) is 14.1. The van der Waals surface area contributed by atoms with E-state index in [0.29, 0.717) is 0 Å². The first-order chi connectivity index (χ1) is 11.2. The van der Waals surface area contributed by atoms with Crippen LogP contribution in [0.15, 0.2) is 0 Å². The minimum Gasteiger partial charge on any atom is -0.480 e. The molecule has 10 nitrogen and oxygen atoms in total. The van der Waals surface area contributed by atoms with Crippen molar-refractivity contribution in [1.29, 1.82) is 5.26 Å². The fraction of sp³-hybridized carbons (Fsp3) is 0.769. The Hall–Kier alpha value is -1.74. The number of amides is 1. The first-order valence-electron chi connectivity index (χ1n) is 7.28. The number of carboxylic acids is 1. The minimum atomic E-state index is -4.15. The quantitative estimate of drug-likeness (QED) is 0.453. The molecule has 0 aliphatic heterocycles. The van der Waals surface area contributed by atoms with Crippen LogP contribution in [-0.4, -0.2) is 79.9 Å². The number of carboxylic acid groups (broad SMARTS) is 1. The van der Waals surface area contributed by atoms with Crippen molar-refractivity contribution in [2.75, 3.05) is 39.9 Å². The molecule has 0 aliphatic carbocycles. The minimum absolute atomic E-state index is 0.0104. The van der Waals surface area contributed by atoms with Crippen molar-refractivity contribution in [3.8, 4) is 6.07 Å². The molecule has 0 bridgehead atoms. The SMILES string of the molecule is COCCN(CCC#N)S(=O)(=O)N(CCNC(C)=O)C(C)C(=O)O. The molecule has 24 heavy (non-hydrogen) atoms. The van der Waals surface area contributed by atoms with E-state index in [1.807, 2.05) is 6.07 Å². The molecule has 2 N–H and O–H groups in total. The predicted molar refractivity (Wildman–Crippen MR) is 85.1 cm³/mol. The van der Waals surface area contributed by atoms with Crippen molar-refractivity contribution in [3.05, 3.63) is 0 Å². The van der Waals surface area contributed by atoms with Crippen LogP contribution in [0.5, 0.6) is 0 Å². The summed E-state index contributed by atoms with van der Waals surface area (Å²) in [5.41, 5.74) is 0. The lowest BCUT2D eigenvalue weighted by atomic mass is 10.3. The number of aliphatic carboxylic acids is 1. The van der Waals surface area contributed by atoms with Gasteiger partial charge in [0.25, 0.3) is 10.2 Å². The number of methoxy groups -OCH3 is 1. The molecule has 0 aliphatic rings. The Bertz CT molecular complexity index is 559. The largest absolute Gasteiger partial charge is 0.480 e. The van der Waals surface area contributed by atoms with E-state index >= 15 is 0 Å². The van der Waals surface area contributed by atoms with Crippen LogP contribution in [0.4, 0.5) is 0 Å². The number of hydrogen-bond acceptors (Lipinski definition) is 6. The van der Waals surface area contributed by atoms with Gasteiger partial charge in [-0.15, -0.1) is 0 Å². The zero-order valence-corrected chi connectivity index (χ0v) is 14.9. The summed E-state index contributed by atoms with van der Waals surface area (Å²) in [4.78, 5) is 22.2. The summed E-state index contributed by atoms with van der Waals surface area (Å²) in [5.74, 6) is -1.66. The normalized spacial score (nSPS) is 12.8. The second-order valence-corrected chi connectivity index (χ2v) is 6.80. The first kappa shape index (κ1) is 22.3. The highest BCUT2D eigenvalue weighted by Gasteiger charge is 2.35. The van der Waals surface area contributed by atoms with Crippen molar-refractivity contribution in [2.45, 2.75) is 26.3 Å². The molecule has 0 aromatic heterocycles. The van der Waals surface area contributed by atoms with Crippen LogP contribution in [0.25, 0.3) is 0 Å². The topological polar surface area (TPSA) is 140 Å². The third kappa shape index (κ3) is 7.22. The molecule has 1 amide bonds. The highest BCUT2D eigenvalue weighted by molar-refractivity contribution is 7.86. The molecule has 0 aromatic rings. The maximum absolute atomic E-state index is 12.8. The van der Waals surface area contributed by atoms with Crippen molar-refractivity contribution in [3.63, 3.8) is 0 Å². The molecule has 138 valence electrons. The van der Waals surface area contributed by atoms with Crippen molar-refractivity contribution in [2.24, 2.45) is 0 Å². The second kappa shape index (κ2) is 10.9. The molecular formula is C13H24N4O6S. The average Bonchev–Trinajstić information content (AvgIpc) is 2.50. The molecule has 0 rings (SSSR count). The Kier molecular flexibility index (Phi) is 10.1. The van der Waals surface area contributed by atoms with Crippen LogP contribution < -0.4 is 5.32 Å². The zero-order chi connectivity index (χ0) is 18.8. The van der Waals surface area contributed by atoms with Gasteiger partial charge in [0.2, 0.25) is 5.91 Å². The van der Waals surface area contributed by atoms with Gasteiger partial charge in [-0.1, -0.05) is 0 Å². The Labute approximate surface area is 142 Å². The van der Waals surface area contributed by atoms with Crippen molar-refractivity contribution >= 4 is 22.1 Å². The maximum Gasteiger partial charge on any atom is 0.321 e. The van der Waals surface area contributed by atoms with Gasteiger partial charge in [-0.25, -0.2) is 0 Å². The summed E-state index contributed by atoms with van der Waals surface area (Å²) in [6.45, 7) is 2.30. The average molecular weight is 364 g/mol. The van der Waals surface area contributed by atoms with Crippen LogP contribution in [-0.2, 0) is 24.5 Å². The van der Waals surface area contributed by atoms with E-state index in [0.717, 1.165) is 8.61 Å². The van der Waals surface area contributed by atoms with Crippen LogP contribution in [0.1, 0.15) is 20.3 Å². The summed E-state index contributed by atoms with van der Waals surface area (Å²) in [6, 6.07) is 0.534. The third-order valence-corrected chi connectivity index (χ3v) is 5.25. The monoisotopic (exact) mass is 364 g/mol. The first-order valence-corrected chi connectivity index (χ1v) is 8.68. The second-order valence-electron chi connectivity index (χ2n) is 4.92. The summed E-state index contributed by atoms with van der Waals surface area (Å²) in [7, 11) is -2.74. The van der Waals surface area contributed by atoms with Gasteiger partial charge in [0.1, 0.15) is 6.04 Å². The standard InChI is InChI=1S/C13H24N4O6S/c1-11(13(19)20)17(8-6-15-12(2)18)24(21,22)16(7-4-5-14)9-10-23-3/h11H,4,6-10H2,1-3H3,(H,15,18)(H,19,20). The number of nitrogens with one attached hydrogen (secondary N) is 1. The van der Waals surface area contributed by atoms with Gasteiger partial charge in [0.15, 0.2) is 0 Å². The number of ether oxygens (including phenoxy) is 1. The van der Waals surface area contributed by atoms with E-state index < -0.39 is 22.2 Å². The Morgan fingerprint density at radius 3 is 2.42 bits per heavy atom. The van der Waals surface area contributed by atoms with Crippen LogP contribution in [0.3, 0.4) is 0 Å². The van der Waals surface area contributed by atoms with E-state index in [9.17, 15) is 18.0 Å². The molecule has 11 heteroatoms. The predicted octanol–water partition coefficient (Wildman–Crippen LogP) is -0.996.